The summed E-state index contributed by atoms with van der Waals surface area (Å²) in [5.74, 6) is -3.27. The van der Waals surface area contributed by atoms with Gasteiger partial charge in [0, 0.05) is 49.3 Å². The Kier molecular flexibility index (Phi) is 5.93. The van der Waals surface area contributed by atoms with E-state index in [1.54, 1.807) is 6.20 Å². The number of rotatable bonds is 7. The first-order chi connectivity index (χ1) is 11.5. The van der Waals surface area contributed by atoms with Gasteiger partial charge in [-0.25, -0.2) is 21.5 Å². The smallest absolute Gasteiger partial charge is 0.253 e. The van der Waals surface area contributed by atoms with E-state index in [0.717, 1.165) is 12.2 Å². The summed E-state index contributed by atoms with van der Waals surface area (Å²) in [6.07, 6.45) is 2.78. The lowest BCUT2D eigenvalue weighted by atomic mass is 9.86. The molecule has 0 atom stereocenters. The first-order valence-electron chi connectivity index (χ1n) is 8.91. The van der Waals surface area contributed by atoms with Gasteiger partial charge in [0.05, 0.1) is 5.75 Å². The summed E-state index contributed by atoms with van der Waals surface area (Å²) in [5.41, 5.74) is -0.462. The van der Waals surface area contributed by atoms with Gasteiger partial charge in [0.25, 0.3) is 5.92 Å². The zero-order valence-corrected chi connectivity index (χ0v) is 16.3. The molecule has 144 valence electrons. The third-order valence-corrected chi connectivity index (χ3v) is 7.53. The third-order valence-electron chi connectivity index (χ3n) is 5.29. The topological polar surface area (TPSA) is 55.2 Å². The van der Waals surface area contributed by atoms with Crippen LogP contribution in [0.3, 0.4) is 0 Å². The molecule has 1 fully saturated rings. The minimum Gasteiger partial charge on any atom is -0.270 e. The molecule has 1 saturated heterocycles. The van der Waals surface area contributed by atoms with Crippen LogP contribution in [0.15, 0.2) is 12.3 Å². The first kappa shape index (κ1) is 20.3. The lowest BCUT2D eigenvalue weighted by Gasteiger charge is -2.37. The second kappa shape index (κ2) is 7.31. The van der Waals surface area contributed by atoms with Gasteiger partial charge in [0.1, 0.15) is 0 Å². The summed E-state index contributed by atoms with van der Waals surface area (Å²) in [7, 11) is -3.71. The summed E-state index contributed by atoms with van der Waals surface area (Å²) in [6, 6.07) is 1.98. The van der Waals surface area contributed by atoms with Crippen molar-refractivity contribution in [3.63, 3.8) is 0 Å². The molecule has 0 radical (unpaired) electrons. The summed E-state index contributed by atoms with van der Waals surface area (Å²) in [6.45, 7) is 7.59. The van der Waals surface area contributed by atoms with E-state index in [-0.39, 0.29) is 12.3 Å². The Labute approximate surface area is 149 Å². The second-order valence-electron chi connectivity index (χ2n) is 7.44. The van der Waals surface area contributed by atoms with E-state index >= 15 is 0 Å². The van der Waals surface area contributed by atoms with Gasteiger partial charge in [-0.05, 0) is 25.8 Å². The number of halogens is 2. The Morgan fingerprint density at radius 1 is 1.24 bits per heavy atom. The van der Waals surface area contributed by atoms with E-state index in [1.807, 2.05) is 17.7 Å². The van der Waals surface area contributed by atoms with Gasteiger partial charge in [-0.15, -0.1) is 0 Å². The summed E-state index contributed by atoms with van der Waals surface area (Å²) >= 11 is 0. The molecule has 0 aromatic carbocycles. The maximum atomic E-state index is 14.1. The van der Waals surface area contributed by atoms with E-state index in [2.05, 4.69) is 5.10 Å². The van der Waals surface area contributed by atoms with Crippen LogP contribution in [0.25, 0.3) is 0 Å². The Hall–Kier alpha value is -1.02. The average Bonchev–Trinajstić information content (AvgIpc) is 3.02. The molecule has 2 rings (SSSR count). The number of sulfonamides is 1. The molecule has 1 aromatic heterocycles. The molecule has 8 heteroatoms. The number of hydrogen-bond donors (Lipinski definition) is 0. The molecular weight excluding hydrogens is 348 g/mol. The van der Waals surface area contributed by atoms with Crippen LogP contribution in [0, 0.1) is 5.41 Å². The fourth-order valence-corrected chi connectivity index (χ4v) is 5.59. The maximum Gasteiger partial charge on any atom is 0.253 e. The van der Waals surface area contributed by atoms with Gasteiger partial charge in [0.15, 0.2) is 0 Å². The quantitative estimate of drug-likeness (QED) is 0.731. The minimum absolute atomic E-state index is 0.263. The monoisotopic (exact) mass is 377 g/mol. The van der Waals surface area contributed by atoms with Gasteiger partial charge in [0.2, 0.25) is 10.0 Å². The van der Waals surface area contributed by atoms with Crippen LogP contribution in [0.2, 0.25) is 0 Å². The largest absolute Gasteiger partial charge is 0.270 e. The predicted molar refractivity (Wildman–Crippen MR) is 94.3 cm³/mol. The second-order valence-corrected chi connectivity index (χ2v) is 9.41. The fourth-order valence-electron chi connectivity index (χ4n) is 3.52. The van der Waals surface area contributed by atoms with Gasteiger partial charge < -0.3 is 0 Å². The van der Waals surface area contributed by atoms with Crippen molar-refractivity contribution in [3.05, 3.63) is 18.0 Å². The first-order valence-corrected chi connectivity index (χ1v) is 10.5. The highest BCUT2D eigenvalue weighted by Crippen LogP contribution is 2.41. The highest BCUT2D eigenvalue weighted by molar-refractivity contribution is 7.89. The zero-order valence-electron chi connectivity index (χ0n) is 15.5. The van der Waals surface area contributed by atoms with E-state index in [0.29, 0.717) is 25.9 Å². The number of alkyl halides is 2. The molecule has 1 aliphatic heterocycles. The lowest BCUT2D eigenvalue weighted by Crippen LogP contribution is -2.47. The Morgan fingerprint density at radius 2 is 1.84 bits per heavy atom. The molecule has 0 spiro atoms. The van der Waals surface area contributed by atoms with Crippen molar-refractivity contribution in [2.75, 3.05) is 18.8 Å². The summed E-state index contributed by atoms with van der Waals surface area (Å²) in [4.78, 5) is 0. The molecule has 0 bridgehead atoms. The molecule has 0 N–H and O–H groups in total. The van der Waals surface area contributed by atoms with Crippen LogP contribution < -0.4 is 0 Å². The average molecular weight is 378 g/mol. The molecular formula is C17H29F2N3O2S. The SMILES string of the molecule is CCn1nccc1C1CCN(S(=O)(=O)CC(C)(C)C(F)(F)CC)CC1. The zero-order chi connectivity index (χ0) is 18.9. The standard InChI is InChI=1S/C17H29F2N3O2S/c1-5-17(18,19)16(3,4)13-25(23,24)21-11-8-14(9-12-21)15-7-10-20-22(15)6-2/h7,10,14H,5-6,8-9,11-13H2,1-4H3. The number of hydrogen-bond acceptors (Lipinski definition) is 3. The molecule has 2 heterocycles. The molecule has 5 nitrogen and oxygen atoms in total. The third kappa shape index (κ3) is 4.22. The Balaban J connectivity index is 2.04. The molecule has 25 heavy (non-hydrogen) atoms. The summed E-state index contributed by atoms with van der Waals surface area (Å²) in [5, 5.41) is 4.26. The van der Waals surface area contributed by atoms with E-state index in [9.17, 15) is 17.2 Å². The highest BCUT2D eigenvalue weighted by Gasteiger charge is 2.48. The van der Waals surface area contributed by atoms with Crippen LogP contribution >= 0.6 is 0 Å². The van der Waals surface area contributed by atoms with Crippen molar-refractivity contribution in [2.45, 2.75) is 65.3 Å². The molecule has 1 aliphatic rings. The van der Waals surface area contributed by atoms with Crippen molar-refractivity contribution < 1.29 is 17.2 Å². The van der Waals surface area contributed by atoms with Crippen LogP contribution in [0.5, 0.6) is 0 Å². The van der Waals surface area contributed by atoms with Crippen LogP contribution in [0.1, 0.15) is 58.6 Å². The van der Waals surface area contributed by atoms with E-state index in [1.165, 1.54) is 25.1 Å². The normalized spacial score (nSPS) is 18.6. The molecule has 0 saturated carbocycles. The number of aryl methyl sites for hydroxylation is 1. The van der Waals surface area contributed by atoms with Crippen molar-refractivity contribution in [2.24, 2.45) is 5.41 Å². The Bertz CT molecular complexity index is 678. The van der Waals surface area contributed by atoms with Crippen LogP contribution in [-0.2, 0) is 16.6 Å². The molecule has 0 unspecified atom stereocenters. The van der Waals surface area contributed by atoms with Gasteiger partial charge in [-0.1, -0.05) is 20.8 Å². The highest BCUT2D eigenvalue weighted by atomic mass is 32.2. The molecule has 0 amide bonds. The fraction of sp³-hybridized carbons (Fsp3) is 0.824. The van der Waals surface area contributed by atoms with Gasteiger partial charge in [-0.2, -0.15) is 5.10 Å². The van der Waals surface area contributed by atoms with Crippen molar-refractivity contribution in [1.82, 2.24) is 14.1 Å². The van der Waals surface area contributed by atoms with E-state index < -0.39 is 27.1 Å². The van der Waals surface area contributed by atoms with Crippen molar-refractivity contribution in [1.29, 1.82) is 0 Å². The molecule has 0 aliphatic carbocycles. The summed E-state index contributed by atoms with van der Waals surface area (Å²) < 4.78 is 56.8. The number of aromatic nitrogens is 2. The lowest BCUT2D eigenvalue weighted by molar-refractivity contribution is -0.0972. The van der Waals surface area contributed by atoms with Gasteiger partial charge in [-0.3, -0.25) is 4.68 Å². The molecule has 1 aromatic rings. The van der Waals surface area contributed by atoms with Crippen molar-refractivity contribution >= 4 is 10.0 Å². The minimum atomic E-state index is -3.71. The number of piperidine rings is 1. The van der Waals surface area contributed by atoms with Crippen LogP contribution in [-0.4, -0.2) is 47.3 Å². The van der Waals surface area contributed by atoms with Crippen LogP contribution in [0.4, 0.5) is 8.78 Å². The van der Waals surface area contributed by atoms with Crippen molar-refractivity contribution in [3.8, 4) is 0 Å². The van der Waals surface area contributed by atoms with E-state index in [4.69, 9.17) is 0 Å². The number of nitrogens with zero attached hydrogens (tertiary/aromatic N) is 3. The van der Waals surface area contributed by atoms with Gasteiger partial charge >= 0.3 is 0 Å². The predicted octanol–water partition coefficient (Wildman–Crippen LogP) is 3.48. The Morgan fingerprint density at radius 3 is 2.36 bits per heavy atom. The maximum absolute atomic E-state index is 14.1.